The van der Waals surface area contributed by atoms with E-state index in [2.05, 4.69) is 35.0 Å². The van der Waals surface area contributed by atoms with Crippen LogP contribution in [0.5, 0.6) is 0 Å². The second-order valence-electron chi connectivity index (χ2n) is 4.83. The lowest BCUT2D eigenvalue weighted by Crippen LogP contribution is -1.96. The summed E-state index contributed by atoms with van der Waals surface area (Å²) in [6, 6.07) is 3.92. The summed E-state index contributed by atoms with van der Waals surface area (Å²) in [6.07, 6.45) is 6.15. The predicted octanol–water partition coefficient (Wildman–Crippen LogP) is 2.66. The number of pyridine rings is 1. The third-order valence-electron chi connectivity index (χ3n) is 3.21. The molecule has 0 radical (unpaired) electrons. The normalized spacial score (nSPS) is 11.3. The molecule has 5 heteroatoms. The molecule has 3 rings (SSSR count). The molecular weight excluding hydrogens is 240 g/mol. The molecule has 3 aromatic heterocycles. The fraction of sp³-hybridized carbons (Fsp3) is 0.214. The molecule has 0 aliphatic rings. The molecule has 1 N–H and O–H groups in total. The summed E-state index contributed by atoms with van der Waals surface area (Å²) < 4.78 is 1.78. The maximum Gasteiger partial charge on any atom is 0.166 e. The molecular formula is C14H14N4O. The highest BCUT2D eigenvalue weighted by molar-refractivity contribution is 5.82. The van der Waals surface area contributed by atoms with Gasteiger partial charge in [-0.05, 0) is 23.6 Å². The Bertz CT molecular complexity index is 739. The Morgan fingerprint density at radius 2 is 2.21 bits per heavy atom. The minimum atomic E-state index is 0.400. The van der Waals surface area contributed by atoms with E-state index in [0.29, 0.717) is 11.6 Å². The van der Waals surface area contributed by atoms with Crippen molar-refractivity contribution in [3.8, 4) is 11.1 Å². The van der Waals surface area contributed by atoms with E-state index in [1.54, 1.807) is 4.52 Å². The number of carbonyl (C=O) groups is 1. The molecule has 0 atom stereocenters. The van der Waals surface area contributed by atoms with Crippen LogP contribution in [-0.4, -0.2) is 25.9 Å². The van der Waals surface area contributed by atoms with Gasteiger partial charge in [-0.15, -0.1) is 0 Å². The highest BCUT2D eigenvalue weighted by Gasteiger charge is 2.12. The van der Waals surface area contributed by atoms with Crippen LogP contribution in [0.15, 0.2) is 30.9 Å². The Kier molecular flexibility index (Phi) is 2.67. The quantitative estimate of drug-likeness (QED) is 0.731. The van der Waals surface area contributed by atoms with Gasteiger partial charge >= 0.3 is 0 Å². The average molecular weight is 254 g/mol. The summed E-state index contributed by atoms with van der Waals surface area (Å²) in [5, 5.41) is 4.20. The van der Waals surface area contributed by atoms with Crippen LogP contribution in [0.1, 0.15) is 35.8 Å². The Hall–Kier alpha value is -2.43. The summed E-state index contributed by atoms with van der Waals surface area (Å²) in [5.74, 6) is 0.400. The van der Waals surface area contributed by atoms with Gasteiger partial charge in [-0.2, -0.15) is 5.10 Å². The maximum absolute atomic E-state index is 10.8. The molecule has 96 valence electrons. The fourth-order valence-electron chi connectivity index (χ4n) is 2.11. The Morgan fingerprint density at radius 1 is 1.37 bits per heavy atom. The van der Waals surface area contributed by atoms with Crippen molar-refractivity contribution in [3.05, 3.63) is 42.1 Å². The zero-order valence-electron chi connectivity index (χ0n) is 10.8. The van der Waals surface area contributed by atoms with E-state index in [4.69, 9.17) is 0 Å². The fourth-order valence-corrected chi connectivity index (χ4v) is 2.11. The van der Waals surface area contributed by atoms with Gasteiger partial charge in [0.2, 0.25) is 0 Å². The summed E-state index contributed by atoms with van der Waals surface area (Å²) >= 11 is 0. The van der Waals surface area contributed by atoms with Crippen LogP contribution >= 0.6 is 0 Å². The summed E-state index contributed by atoms with van der Waals surface area (Å²) in [4.78, 5) is 18.0. The average Bonchev–Trinajstić information content (AvgIpc) is 3.06. The Morgan fingerprint density at radius 3 is 2.89 bits per heavy atom. The molecule has 0 unspecified atom stereocenters. The first-order chi connectivity index (χ1) is 9.19. The monoisotopic (exact) mass is 254 g/mol. The molecule has 0 fully saturated rings. The van der Waals surface area contributed by atoms with Gasteiger partial charge in [-0.1, -0.05) is 13.8 Å². The van der Waals surface area contributed by atoms with E-state index < -0.39 is 0 Å². The minimum Gasteiger partial charge on any atom is -0.358 e. The second kappa shape index (κ2) is 4.35. The van der Waals surface area contributed by atoms with E-state index in [9.17, 15) is 4.79 Å². The number of rotatable bonds is 3. The van der Waals surface area contributed by atoms with Gasteiger partial charge in [0.15, 0.2) is 11.9 Å². The van der Waals surface area contributed by atoms with Crippen molar-refractivity contribution in [1.82, 2.24) is 19.6 Å². The molecule has 0 amide bonds. The minimum absolute atomic E-state index is 0.400. The van der Waals surface area contributed by atoms with Crippen LogP contribution in [-0.2, 0) is 0 Å². The van der Waals surface area contributed by atoms with Gasteiger partial charge < -0.3 is 4.98 Å². The van der Waals surface area contributed by atoms with Crippen molar-refractivity contribution in [1.29, 1.82) is 0 Å². The van der Waals surface area contributed by atoms with Crippen molar-refractivity contribution in [2.45, 2.75) is 19.8 Å². The van der Waals surface area contributed by atoms with Crippen LogP contribution in [0.4, 0.5) is 0 Å². The lowest BCUT2D eigenvalue weighted by atomic mass is 10.0. The third-order valence-corrected chi connectivity index (χ3v) is 3.21. The zero-order chi connectivity index (χ0) is 13.4. The molecule has 0 spiro atoms. The molecule has 0 aliphatic carbocycles. The molecule has 3 aromatic rings. The van der Waals surface area contributed by atoms with Gasteiger partial charge in [0.1, 0.15) is 6.33 Å². The lowest BCUT2D eigenvalue weighted by molar-refractivity contribution is 0.111. The summed E-state index contributed by atoms with van der Waals surface area (Å²) in [7, 11) is 0. The van der Waals surface area contributed by atoms with E-state index in [1.165, 1.54) is 11.9 Å². The second-order valence-corrected chi connectivity index (χ2v) is 4.83. The van der Waals surface area contributed by atoms with Crippen molar-refractivity contribution in [3.63, 3.8) is 0 Å². The number of carbonyl (C=O) groups excluding carboxylic acids is 1. The van der Waals surface area contributed by atoms with Crippen LogP contribution in [0.3, 0.4) is 0 Å². The molecule has 0 saturated heterocycles. The van der Waals surface area contributed by atoms with Gasteiger partial charge in [-0.25, -0.2) is 9.50 Å². The van der Waals surface area contributed by atoms with Crippen LogP contribution < -0.4 is 0 Å². The molecule has 3 heterocycles. The Balaban J connectivity index is 2.25. The number of nitrogens with zero attached hydrogens (tertiary/aromatic N) is 3. The topological polar surface area (TPSA) is 63.0 Å². The highest BCUT2D eigenvalue weighted by Crippen LogP contribution is 2.27. The number of aromatic amines is 1. The summed E-state index contributed by atoms with van der Waals surface area (Å²) in [6.45, 7) is 4.27. The van der Waals surface area contributed by atoms with E-state index in [0.717, 1.165) is 23.1 Å². The van der Waals surface area contributed by atoms with Crippen molar-refractivity contribution in [2.75, 3.05) is 0 Å². The molecule has 0 saturated carbocycles. The molecule has 0 aliphatic heterocycles. The SMILES string of the molecule is CC(C)c1cc(-c2c[nH]c(C=O)c2)c2ncnn2c1. The molecule has 0 aromatic carbocycles. The molecule has 0 bridgehead atoms. The number of hydrogen-bond acceptors (Lipinski definition) is 3. The van der Waals surface area contributed by atoms with Crippen LogP contribution in [0.25, 0.3) is 16.8 Å². The maximum atomic E-state index is 10.8. The first-order valence-electron chi connectivity index (χ1n) is 6.16. The Labute approximate surface area is 110 Å². The smallest absolute Gasteiger partial charge is 0.166 e. The lowest BCUT2D eigenvalue weighted by Gasteiger charge is -2.08. The van der Waals surface area contributed by atoms with Gasteiger partial charge in [-0.3, -0.25) is 4.79 Å². The van der Waals surface area contributed by atoms with Crippen LogP contribution in [0, 0.1) is 0 Å². The molecule has 5 nitrogen and oxygen atoms in total. The van der Waals surface area contributed by atoms with Crippen LogP contribution in [0.2, 0.25) is 0 Å². The number of aromatic nitrogens is 4. The van der Waals surface area contributed by atoms with E-state index >= 15 is 0 Å². The standard InChI is InChI=1S/C14H14N4O/c1-9(2)11-4-13(10-3-12(7-19)15-5-10)14-16-8-17-18(14)6-11/h3-9,15H,1-2H3. The predicted molar refractivity (Wildman–Crippen MR) is 72.3 cm³/mol. The number of aldehydes is 1. The van der Waals surface area contributed by atoms with E-state index in [1.807, 2.05) is 18.5 Å². The first kappa shape index (κ1) is 11.6. The van der Waals surface area contributed by atoms with E-state index in [-0.39, 0.29) is 0 Å². The van der Waals surface area contributed by atoms with Gasteiger partial charge in [0.05, 0.1) is 5.69 Å². The third kappa shape index (κ3) is 1.93. The number of fused-ring (bicyclic) bond motifs is 1. The highest BCUT2D eigenvalue weighted by atomic mass is 16.1. The molecule has 19 heavy (non-hydrogen) atoms. The first-order valence-corrected chi connectivity index (χ1v) is 6.16. The number of H-pyrrole nitrogens is 1. The zero-order valence-corrected chi connectivity index (χ0v) is 10.8. The van der Waals surface area contributed by atoms with Crippen molar-refractivity contribution >= 4 is 11.9 Å². The number of nitrogens with one attached hydrogen (secondary N) is 1. The largest absolute Gasteiger partial charge is 0.358 e. The van der Waals surface area contributed by atoms with Gasteiger partial charge in [0, 0.05) is 23.5 Å². The van der Waals surface area contributed by atoms with Gasteiger partial charge in [0.25, 0.3) is 0 Å². The van der Waals surface area contributed by atoms with Crippen molar-refractivity contribution < 1.29 is 4.79 Å². The summed E-state index contributed by atoms with van der Waals surface area (Å²) in [5.41, 5.74) is 4.46. The number of hydrogen-bond donors (Lipinski definition) is 1. The van der Waals surface area contributed by atoms with Crippen molar-refractivity contribution in [2.24, 2.45) is 0 Å².